The normalized spacial score (nSPS) is 14.3. The summed E-state index contributed by atoms with van der Waals surface area (Å²) in [5, 5.41) is 10.6. The fourth-order valence-corrected chi connectivity index (χ4v) is 12.9. The average molecular weight is 1370 g/mol. The van der Waals surface area contributed by atoms with Gasteiger partial charge in [0.25, 0.3) is 0 Å². The number of hydrogen-bond donors (Lipinski definition) is 3. The first-order valence-electron chi connectivity index (χ1n) is 38.7. The summed E-state index contributed by atoms with van der Waals surface area (Å²) in [6.07, 6.45) is 55.6. The molecule has 0 aliphatic carbocycles. The Balaban J connectivity index is 5.17. The number of carbonyl (C=O) groups is 4. The monoisotopic (exact) mass is 1370 g/mol. The summed E-state index contributed by atoms with van der Waals surface area (Å²) < 4.78 is 68.3. The topological polar surface area (TPSA) is 237 Å². The molecule has 6 atom stereocenters. The number of esters is 4. The van der Waals surface area contributed by atoms with Crippen LogP contribution in [0, 0.1) is 5.92 Å². The van der Waals surface area contributed by atoms with Gasteiger partial charge in [0, 0.05) is 25.7 Å². The zero-order valence-corrected chi connectivity index (χ0v) is 62.2. The third-order valence-corrected chi connectivity index (χ3v) is 19.5. The minimum atomic E-state index is -4.95. The molecule has 0 aromatic heterocycles. The lowest BCUT2D eigenvalue weighted by molar-refractivity contribution is -0.161. The Bertz CT molecular complexity index is 1790. The number of rotatable bonds is 74. The number of phosphoric ester groups is 2. The van der Waals surface area contributed by atoms with Crippen molar-refractivity contribution in [3.05, 3.63) is 0 Å². The van der Waals surface area contributed by atoms with Gasteiger partial charge in [-0.05, 0) is 31.6 Å². The van der Waals surface area contributed by atoms with Gasteiger partial charge < -0.3 is 33.8 Å². The third kappa shape index (κ3) is 67.0. The summed E-state index contributed by atoms with van der Waals surface area (Å²) in [4.78, 5) is 72.6. The van der Waals surface area contributed by atoms with E-state index in [4.69, 9.17) is 37.0 Å². The molecular weight excluding hydrogens is 1220 g/mol. The van der Waals surface area contributed by atoms with E-state index >= 15 is 0 Å². The lowest BCUT2D eigenvalue weighted by Gasteiger charge is -2.21. The second-order valence-electron chi connectivity index (χ2n) is 26.9. The molecule has 0 saturated heterocycles. The van der Waals surface area contributed by atoms with Crippen LogP contribution in [-0.2, 0) is 65.4 Å². The maximum atomic E-state index is 13.1. The van der Waals surface area contributed by atoms with Crippen molar-refractivity contribution in [3.63, 3.8) is 0 Å². The molecule has 0 bridgehead atoms. The first kappa shape index (κ1) is 91.1. The highest BCUT2D eigenvalue weighted by atomic mass is 31.2. The number of aliphatic hydroxyl groups is 1. The minimum absolute atomic E-state index is 0.106. The Morgan fingerprint density at radius 1 is 0.301 bits per heavy atom. The molecule has 0 aliphatic heterocycles. The molecule has 0 spiro atoms. The third-order valence-electron chi connectivity index (χ3n) is 17.6. The summed E-state index contributed by atoms with van der Waals surface area (Å²) in [5.41, 5.74) is 0. The van der Waals surface area contributed by atoms with Gasteiger partial charge in [-0.25, -0.2) is 9.13 Å². The van der Waals surface area contributed by atoms with E-state index < -0.39 is 97.5 Å². The number of unbranched alkanes of at least 4 members (excludes halogenated alkanes) is 45. The van der Waals surface area contributed by atoms with Crippen molar-refractivity contribution >= 4 is 39.5 Å². The molecule has 0 aromatic carbocycles. The number of hydrogen-bond acceptors (Lipinski definition) is 15. The van der Waals surface area contributed by atoms with Crippen molar-refractivity contribution in [1.82, 2.24) is 0 Å². The Labute approximate surface area is 568 Å². The fraction of sp³-hybridized carbons (Fsp3) is 0.946. The Morgan fingerprint density at radius 3 is 0.763 bits per heavy atom. The summed E-state index contributed by atoms with van der Waals surface area (Å²) in [7, 11) is -9.90. The zero-order valence-electron chi connectivity index (χ0n) is 60.4. The Hall–Kier alpha value is -1.94. The quantitative estimate of drug-likeness (QED) is 0.0222. The lowest BCUT2D eigenvalue weighted by Crippen LogP contribution is -2.30. The standard InChI is InChI=1S/C74H144O17P2/c1-6-10-13-16-19-22-24-25-26-27-28-29-30-31-32-33-34-40-45-50-55-60-74(79)91-70(64-85-72(77)58-53-48-43-39-36-35-37-41-46-51-56-67(5)9-4)66-89-93(82,83)87-62-68(75)61-86-92(80,81)88-65-69(63-84-71(76)57-52-47-42-21-18-15-12-8-3)90-73(78)59-54-49-44-38-23-20-17-14-11-7-2/h67-70,75H,6-66H2,1-5H3,(H,80,81)(H,82,83)/t67?,68-,69+,70+/m0/s1. The summed E-state index contributed by atoms with van der Waals surface area (Å²) in [6.45, 7) is 7.26. The van der Waals surface area contributed by atoms with Gasteiger partial charge >= 0.3 is 39.5 Å². The molecule has 93 heavy (non-hydrogen) atoms. The smallest absolute Gasteiger partial charge is 0.462 e. The molecule has 0 heterocycles. The van der Waals surface area contributed by atoms with Crippen LogP contribution in [0.15, 0.2) is 0 Å². The largest absolute Gasteiger partial charge is 0.472 e. The summed E-state index contributed by atoms with van der Waals surface area (Å²) in [6, 6.07) is 0. The van der Waals surface area contributed by atoms with Crippen LogP contribution in [-0.4, -0.2) is 96.7 Å². The molecule has 19 heteroatoms. The van der Waals surface area contributed by atoms with E-state index in [1.54, 1.807) is 0 Å². The van der Waals surface area contributed by atoms with E-state index in [1.807, 2.05) is 0 Å². The van der Waals surface area contributed by atoms with Gasteiger partial charge in [-0.1, -0.05) is 336 Å². The van der Waals surface area contributed by atoms with E-state index in [1.165, 1.54) is 205 Å². The van der Waals surface area contributed by atoms with Gasteiger partial charge in [-0.15, -0.1) is 0 Å². The van der Waals surface area contributed by atoms with Crippen molar-refractivity contribution in [3.8, 4) is 0 Å². The van der Waals surface area contributed by atoms with Crippen molar-refractivity contribution in [1.29, 1.82) is 0 Å². The number of ether oxygens (including phenoxy) is 4. The second-order valence-corrected chi connectivity index (χ2v) is 29.8. The highest BCUT2D eigenvalue weighted by Gasteiger charge is 2.30. The van der Waals surface area contributed by atoms with Crippen molar-refractivity contribution in [2.75, 3.05) is 39.6 Å². The number of carbonyl (C=O) groups excluding carboxylic acids is 4. The SMILES string of the molecule is CCCCCCCCCCCCCCCCCCCCCCCC(=O)O[C@H](COC(=O)CCCCCCCCCCCCC(C)CC)COP(=O)(O)OC[C@@H](O)COP(=O)(O)OC[C@@H](COC(=O)CCCCCCCCCC)OC(=O)CCCCCCCCCCCC. The molecule has 0 aromatic rings. The summed E-state index contributed by atoms with van der Waals surface area (Å²) in [5.74, 6) is -1.31. The van der Waals surface area contributed by atoms with Crippen LogP contribution in [0.5, 0.6) is 0 Å². The first-order chi connectivity index (χ1) is 45.1. The van der Waals surface area contributed by atoms with E-state index in [-0.39, 0.29) is 25.7 Å². The van der Waals surface area contributed by atoms with Gasteiger partial charge in [-0.2, -0.15) is 0 Å². The molecular formula is C74H144O17P2. The first-order valence-corrected chi connectivity index (χ1v) is 41.7. The lowest BCUT2D eigenvalue weighted by atomic mass is 9.99. The molecule has 3 N–H and O–H groups in total. The van der Waals surface area contributed by atoms with Crippen LogP contribution >= 0.6 is 15.6 Å². The highest BCUT2D eigenvalue weighted by Crippen LogP contribution is 2.45. The summed E-state index contributed by atoms with van der Waals surface area (Å²) >= 11 is 0. The van der Waals surface area contributed by atoms with Crippen LogP contribution in [0.1, 0.15) is 388 Å². The fourth-order valence-electron chi connectivity index (χ4n) is 11.3. The van der Waals surface area contributed by atoms with Crippen LogP contribution in [0.3, 0.4) is 0 Å². The second kappa shape index (κ2) is 67.3. The van der Waals surface area contributed by atoms with E-state index in [0.717, 1.165) is 102 Å². The van der Waals surface area contributed by atoms with Crippen LogP contribution in [0.25, 0.3) is 0 Å². The number of aliphatic hydroxyl groups excluding tert-OH is 1. The zero-order chi connectivity index (χ0) is 68.4. The maximum absolute atomic E-state index is 13.1. The van der Waals surface area contributed by atoms with E-state index in [9.17, 15) is 43.2 Å². The van der Waals surface area contributed by atoms with Crippen molar-refractivity contribution < 1.29 is 80.2 Å². The molecule has 17 nitrogen and oxygen atoms in total. The molecule has 552 valence electrons. The Morgan fingerprint density at radius 2 is 0.516 bits per heavy atom. The molecule has 0 rings (SSSR count). The molecule has 0 saturated carbocycles. The molecule has 0 amide bonds. The predicted molar refractivity (Wildman–Crippen MR) is 377 cm³/mol. The van der Waals surface area contributed by atoms with Crippen molar-refractivity contribution in [2.45, 2.75) is 406 Å². The molecule has 0 radical (unpaired) electrons. The van der Waals surface area contributed by atoms with Crippen LogP contribution < -0.4 is 0 Å². The van der Waals surface area contributed by atoms with Gasteiger partial charge in [0.15, 0.2) is 12.2 Å². The molecule has 0 aliphatic rings. The highest BCUT2D eigenvalue weighted by molar-refractivity contribution is 7.47. The van der Waals surface area contributed by atoms with E-state index in [0.29, 0.717) is 25.7 Å². The van der Waals surface area contributed by atoms with Gasteiger partial charge in [0.05, 0.1) is 26.4 Å². The van der Waals surface area contributed by atoms with Crippen molar-refractivity contribution in [2.24, 2.45) is 5.92 Å². The van der Waals surface area contributed by atoms with Gasteiger partial charge in [-0.3, -0.25) is 37.3 Å². The predicted octanol–water partition coefficient (Wildman–Crippen LogP) is 21.7. The van der Waals surface area contributed by atoms with Crippen LogP contribution in [0.2, 0.25) is 0 Å². The van der Waals surface area contributed by atoms with E-state index in [2.05, 4.69) is 34.6 Å². The molecule has 0 fully saturated rings. The van der Waals surface area contributed by atoms with Crippen LogP contribution in [0.4, 0.5) is 0 Å². The molecule has 3 unspecified atom stereocenters. The number of phosphoric acid groups is 2. The average Bonchev–Trinajstić information content (AvgIpc) is 1.96. The maximum Gasteiger partial charge on any atom is 0.472 e. The Kier molecular flexibility index (Phi) is 65.9. The van der Waals surface area contributed by atoms with Gasteiger partial charge in [0.1, 0.15) is 19.3 Å². The van der Waals surface area contributed by atoms with Gasteiger partial charge in [0.2, 0.25) is 0 Å². The minimum Gasteiger partial charge on any atom is -0.462 e.